The molecule has 1 aliphatic rings. The average Bonchev–Trinajstić information content (AvgIpc) is 3.12. The van der Waals surface area contributed by atoms with Gasteiger partial charge in [0.05, 0.1) is 14.2 Å². The second-order valence-corrected chi connectivity index (χ2v) is 6.04. The lowest BCUT2D eigenvalue weighted by molar-refractivity contribution is 0.101. The van der Waals surface area contributed by atoms with Crippen molar-refractivity contribution in [3.63, 3.8) is 0 Å². The maximum absolute atomic E-state index is 12.6. The number of fused-ring (bicyclic) bond motifs is 3. The van der Waals surface area contributed by atoms with Crippen molar-refractivity contribution in [2.75, 3.05) is 19.5 Å². The molecule has 0 aliphatic heterocycles. The van der Waals surface area contributed by atoms with Gasteiger partial charge in [-0.15, -0.1) is 0 Å². The highest BCUT2D eigenvalue weighted by Crippen LogP contribution is 2.37. The van der Waals surface area contributed by atoms with Crippen LogP contribution in [0.4, 0.5) is 5.69 Å². The standard InChI is InChI=1S/C20H18N2O4/c1-24-14-6-4-13(5-7-14)21-20(23)18-17-9-3-12-11-15(25-2)8-10-16(12)19(17)26-22-18/h4-8,10-11H,3,9H2,1-2H3,(H,21,23). The van der Waals surface area contributed by atoms with Crippen molar-refractivity contribution in [3.8, 4) is 22.8 Å². The topological polar surface area (TPSA) is 73.6 Å². The van der Waals surface area contributed by atoms with E-state index in [0.717, 1.165) is 34.6 Å². The Hall–Kier alpha value is -3.28. The number of aryl methyl sites for hydroxylation is 1. The number of nitrogens with zero attached hydrogens (tertiary/aromatic N) is 1. The van der Waals surface area contributed by atoms with Crippen LogP contribution < -0.4 is 14.8 Å². The number of carbonyl (C=O) groups excluding carboxylic acids is 1. The van der Waals surface area contributed by atoms with E-state index in [-0.39, 0.29) is 5.91 Å². The number of carbonyl (C=O) groups is 1. The summed E-state index contributed by atoms with van der Waals surface area (Å²) in [4.78, 5) is 12.6. The minimum absolute atomic E-state index is 0.280. The summed E-state index contributed by atoms with van der Waals surface area (Å²) in [7, 11) is 3.24. The number of ether oxygens (including phenoxy) is 2. The number of anilines is 1. The van der Waals surface area contributed by atoms with Gasteiger partial charge in [-0.25, -0.2) is 0 Å². The fourth-order valence-corrected chi connectivity index (χ4v) is 3.18. The van der Waals surface area contributed by atoms with Crippen molar-refractivity contribution < 1.29 is 18.8 Å². The smallest absolute Gasteiger partial charge is 0.278 e. The van der Waals surface area contributed by atoms with E-state index in [1.807, 2.05) is 18.2 Å². The van der Waals surface area contributed by atoms with Crippen molar-refractivity contribution in [1.29, 1.82) is 0 Å². The van der Waals surface area contributed by atoms with Gasteiger partial charge in [0.2, 0.25) is 0 Å². The molecule has 0 atom stereocenters. The zero-order valence-corrected chi connectivity index (χ0v) is 14.5. The molecular weight excluding hydrogens is 332 g/mol. The maximum Gasteiger partial charge on any atom is 0.278 e. The van der Waals surface area contributed by atoms with E-state index >= 15 is 0 Å². The van der Waals surface area contributed by atoms with Gasteiger partial charge in [0.25, 0.3) is 5.91 Å². The molecule has 6 heteroatoms. The molecule has 0 radical (unpaired) electrons. The van der Waals surface area contributed by atoms with Gasteiger partial charge in [-0.1, -0.05) is 5.16 Å². The number of rotatable bonds is 4. The van der Waals surface area contributed by atoms with E-state index in [1.54, 1.807) is 38.5 Å². The Bertz CT molecular complexity index is 960. The number of methoxy groups -OCH3 is 2. The van der Waals surface area contributed by atoms with Gasteiger partial charge >= 0.3 is 0 Å². The summed E-state index contributed by atoms with van der Waals surface area (Å²) in [5.74, 6) is 1.92. The number of hydrogen-bond donors (Lipinski definition) is 1. The first-order valence-corrected chi connectivity index (χ1v) is 8.31. The molecule has 1 aromatic heterocycles. The van der Waals surface area contributed by atoms with E-state index in [0.29, 0.717) is 23.6 Å². The molecule has 1 amide bonds. The molecule has 0 fully saturated rings. The fourth-order valence-electron chi connectivity index (χ4n) is 3.18. The second kappa shape index (κ2) is 6.55. The summed E-state index contributed by atoms with van der Waals surface area (Å²) >= 11 is 0. The first kappa shape index (κ1) is 16.2. The Morgan fingerprint density at radius 1 is 1.04 bits per heavy atom. The van der Waals surface area contributed by atoms with Crippen LogP contribution in [-0.2, 0) is 12.8 Å². The molecule has 0 bridgehead atoms. The lowest BCUT2D eigenvalue weighted by Crippen LogP contribution is -2.15. The monoisotopic (exact) mass is 350 g/mol. The third-order valence-electron chi connectivity index (χ3n) is 4.55. The van der Waals surface area contributed by atoms with Crippen molar-refractivity contribution in [1.82, 2.24) is 5.16 Å². The SMILES string of the molecule is COc1ccc(NC(=O)c2noc3c2CCc2cc(OC)ccc2-3)cc1. The first-order valence-electron chi connectivity index (χ1n) is 8.31. The van der Waals surface area contributed by atoms with E-state index in [4.69, 9.17) is 14.0 Å². The van der Waals surface area contributed by atoms with Gasteiger partial charge in [-0.3, -0.25) is 4.79 Å². The van der Waals surface area contributed by atoms with Crippen molar-refractivity contribution >= 4 is 11.6 Å². The van der Waals surface area contributed by atoms with Gasteiger partial charge in [0.1, 0.15) is 11.5 Å². The summed E-state index contributed by atoms with van der Waals surface area (Å²) in [5.41, 5.74) is 3.94. The molecular formula is C20H18N2O4. The molecule has 4 rings (SSSR count). The Morgan fingerprint density at radius 2 is 1.77 bits per heavy atom. The summed E-state index contributed by atoms with van der Waals surface area (Å²) < 4.78 is 15.9. The molecule has 0 saturated carbocycles. The van der Waals surface area contributed by atoms with Crippen LogP contribution >= 0.6 is 0 Å². The predicted octanol–water partition coefficient (Wildman–Crippen LogP) is 3.71. The lowest BCUT2D eigenvalue weighted by atomic mass is 9.89. The van der Waals surface area contributed by atoms with E-state index in [9.17, 15) is 4.79 Å². The number of nitrogens with one attached hydrogen (secondary N) is 1. The highest BCUT2D eigenvalue weighted by Gasteiger charge is 2.27. The molecule has 1 heterocycles. The van der Waals surface area contributed by atoms with Crippen molar-refractivity contribution in [3.05, 3.63) is 59.3 Å². The number of amides is 1. The average molecular weight is 350 g/mol. The fraction of sp³-hybridized carbons (Fsp3) is 0.200. The van der Waals surface area contributed by atoms with E-state index in [1.165, 1.54) is 0 Å². The third kappa shape index (κ3) is 2.79. The molecule has 2 aromatic carbocycles. The Labute approximate surface area is 150 Å². The van der Waals surface area contributed by atoms with Crippen LogP contribution in [0.2, 0.25) is 0 Å². The zero-order chi connectivity index (χ0) is 18.1. The van der Waals surface area contributed by atoms with E-state index in [2.05, 4.69) is 10.5 Å². The largest absolute Gasteiger partial charge is 0.497 e. The number of aromatic nitrogens is 1. The normalized spacial score (nSPS) is 12.1. The zero-order valence-electron chi connectivity index (χ0n) is 14.5. The van der Waals surface area contributed by atoms with Crippen LogP contribution in [0.5, 0.6) is 11.5 Å². The van der Waals surface area contributed by atoms with Crippen molar-refractivity contribution in [2.24, 2.45) is 0 Å². The van der Waals surface area contributed by atoms with Crippen molar-refractivity contribution in [2.45, 2.75) is 12.8 Å². The highest BCUT2D eigenvalue weighted by molar-refractivity contribution is 6.04. The molecule has 0 spiro atoms. The van der Waals surface area contributed by atoms with Crippen LogP contribution in [-0.4, -0.2) is 25.3 Å². The van der Waals surface area contributed by atoms with Gasteiger partial charge in [-0.2, -0.15) is 0 Å². The molecule has 3 aromatic rings. The molecule has 132 valence electrons. The quantitative estimate of drug-likeness (QED) is 0.776. The Morgan fingerprint density at radius 3 is 2.50 bits per heavy atom. The third-order valence-corrected chi connectivity index (χ3v) is 4.55. The molecule has 26 heavy (non-hydrogen) atoms. The van der Waals surface area contributed by atoms with Crippen LogP contribution in [0.3, 0.4) is 0 Å². The summed E-state index contributed by atoms with van der Waals surface area (Å²) in [6.07, 6.45) is 1.51. The van der Waals surface area contributed by atoms with Gasteiger partial charge in [0.15, 0.2) is 11.5 Å². The summed E-state index contributed by atoms with van der Waals surface area (Å²) in [6, 6.07) is 13.0. The minimum Gasteiger partial charge on any atom is -0.497 e. The molecule has 1 N–H and O–H groups in total. The maximum atomic E-state index is 12.6. The van der Waals surface area contributed by atoms with E-state index < -0.39 is 0 Å². The molecule has 0 unspecified atom stereocenters. The summed E-state index contributed by atoms with van der Waals surface area (Å²) in [5, 5.41) is 6.88. The molecule has 6 nitrogen and oxygen atoms in total. The second-order valence-electron chi connectivity index (χ2n) is 6.04. The number of hydrogen-bond acceptors (Lipinski definition) is 5. The predicted molar refractivity (Wildman–Crippen MR) is 96.8 cm³/mol. The number of benzene rings is 2. The molecule has 1 aliphatic carbocycles. The molecule has 0 saturated heterocycles. The van der Waals surface area contributed by atoms with Gasteiger partial charge in [-0.05, 0) is 60.9 Å². The Balaban J connectivity index is 1.61. The Kier molecular flexibility index (Phi) is 4.08. The highest BCUT2D eigenvalue weighted by atomic mass is 16.5. The van der Waals surface area contributed by atoms with Crippen LogP contribution in [0.25, 0.3) is 11.3 Å². The summed E-state index contributed by atoms with van der Waals surface area (Å²) in [6.45, 7) is 0. The van der Waals surface area contributed by atoms with Gasteiger partial charge < -0.3 is 19.3 Å². The van der Waals surface area contributed by atoms with Crippen LogP contribution in [0.15, 0.2) is 47.0 Å². The first-order chi connectivity index (χ1) is 12.7. The van der Waals surface area contributed by atoms with Gasteiger partial charge in [0, 0.05) is 16.8 Å². The van der Waals surface area contributed by atoms with Crippen LogP contribution in [0, 0.1) is 0 Å². The van der Waals surface area contributed by atoms with Crippen LogP contribution in [0.1, 0.15) is 21.6 Å². The lowest BCUT2D eigenvalue weighted by Gasteiger charge is -2.15. The minimum atomic E-state index is -0.280.